The van der Waals surface area contributed by atoms with Crippen molar-refractivity contribution in [2.24, 2.45) is 0 Å². The number of pyridine rings is 2. The van der Waals surface area contributed by atoms with Crippen LogP contribution in [0.15, 0.2) is 53.7 Å². The lowest BCUT2D eigenvalue weighted by molar-refractivity contribution is 0.618. The number of nitrogens with zero attached hydrogens (tertiary/aromatic N) is 4. The summed E-state index contributed by atoms with van der Waals surface area (Å²) in [6.45, 7) is 0. The van der Waals surface area contributed by atoms with Gasteiger partial charge in [0.1, 0.15) is 11.5 Å². The molecule has 3 aromatic heterocycles. The SMILES string of the molecule is O=c1ccccn1-c1cc(-c2nc(Cl)ncc2F)ccn1. The monoisotopic (exact) mass is 302 g/mol. The van der Waals surface area contributed by atoms with Crippen molar-refractivity contribution in [2.45, 2.75) is 0 Å². The minimum atomic E-state index is -0.600. The molecule has 0 aliphatic carbocycles. The molecular weight excluding hydrogens is 295 g/mol. The molecule has 0 atom stereocenters. The second-order valence-electron chi connectivity index (χ2n) is 4.15. The van der Waals surface area contributed by atoms with Crippen molar-refractivity contribution in [3.05, 3.63) is 70.4 Å². The van der Waals surface area contributed by atoms with Gasteiger partial charge in [0, 0.05) is 24.0 Å². The lowest BCUT2D eigenvalue weighted by Gasteiger charge is -2.07. The van der Waals surface area contributed by atoms with Gasteiger partial charge in [-0.1, -0.05) is 6.07 Å². The summed E-state index contributed by atoms with van der Waals surface area (Å²) < 4.78 is 15.1. The van der Waals surface area contributed by atoms with Gasteiger partial charge < -0.3 is 0 Å². The van der Waals surface area contributed by atoms with Gasteiger partial charge in [-0.25, -0.2) is 19.3 Å². The van der Waals surface area contributed by atoms with Crippen LogP contribution in [0.25, 0.3) is 17.1 Å². The fourth-order valence-electron chi connectivity index (χ4n) is 1.86. The van der Waals surface area contributed by atoms with Crippen LogP contribution in [0.1, 0.15) is 0 Å². The first-order valence-corrected chi connectivity index (χ1v) is 6.35. The molecule has 0 unspecified atom stereocenters. The summed E-state index contributed by atoms with van der Waals surface area (Å²) in [4.78, 5) is 23.3. The maximum atomic E-state index is 13.8. The Kier molecular flexibility index (Phi) is 3.45. The van der Waals surface area contributed by atoms with Crippen LogP contribution in [0.4, 0.5) is 4.39 Å². The van der Waals surface area contributed by atoms with Gasteiger partial charge in [0.25, 0.3) is 5.56 Å². The topological polar surface area (TPSA) is 60.7 Å². The number of rotatable bonds is 2. The fraction of sp³-hybridized carbons (Fsp3) is 0. The molecule has 21 heavy (non-hydrogen) atoms. The van der Waals surface area contributed by atoms with E-state index in [1.54, 1.807) is 30.5 Å². The van der Waals surface area contributed by atoms with E-state index in [-0.39, 0.29) is 16.5 Å². The van der Waals surface area contributed by atoms with E-state index < -0.39 is 5.82 Å². The molecule has 3 heterocycles. The van der Waals surface area contributed by atoms with Crippen molar-refractivity contribution >= 4 is 11.6 Å². The highest BCUT2D eigenvalue weighted by Gasteiger charge is 2.10. The predicted octanol–water partition coefficient (Wildman–Crippen LogP) is 2.48. The van der Waals surface area contributed by atoms with Crippen LogP contribution in [-0.2, 0) is 0 Å². The fourth-order valence-corrected chi connectivity index (χ4v) is 2.00. The van der Waals surface area contributed by atoms with Gasteiger partial charge in [-0.05, 0) is 29.8 Å². The van der Waals surface area contributed by atoms with E-state index in [2.05, 4.69) is 15.0 Å². The molecule has 3 aromatic rings. The molecule has 3 rings (SSSR count). The van der Waals surface area contributed by atoms with E-state index in [0.29, 0.717) is 11.4 Å². The molecule has 0 radical (unpaired) electrons. The maximum Gasteiger partial charge on any atom is 0.256 e. The molecule has 7 heteroatoms. The number of hydrogen-bond acceptors (Lipinski definition) is 4. The average Bonchev–Trinajstić information content (AvgIpc) is 2.50. The third-order valence-electron chi connectivity index (χ3n) is 2.80. The number of hydrogen-bond donors (Lipinski definition) is 0. The van der Waals surface area contributed by atoms with Gasteiger partial charge in [0.15, 0.2) is 5.82 Å². The minimum absolute atomic E-state index is 0.0540. The minimum Gasteiger partial charge on any atom is -0.269 e. The van der Waals surface area contributed by atoms with Gasteiger partial charge in [-0.2, -0.15) is 0 Å². The zero-order valence-electron chi connectivity index (χ0n) is 10.6. The Labute approximate surface area is 123 Å². The average molecular weight is 303 g/mol. The van der Waals surface area contributed by atoms with Gasteiger partial charge >= 0.3 is 0 Å². The smallest absolute Gasteiger partial charge is 0.256 e. The highest BCUT2D eigenvalue weighted by Crippen LogP contribution is 2.22. The van der Waals surface area contributed by atoms with Crippen molar-refractivity contribution in [3.8, 4) is 17.1 Å². The normalized spacial score (nSPS) is 10.6. The molecule has 104 valence electrons. The highest BCUT2D eigenvalue weighted by atomic mass is 35.5. The lowest BCUT2D eigenvalue weighted by Crippen LogP contribution is -2.16. The Morgan fingerprint density at radius 2 is 2.05 bits per heavy atom. The Hall–Kier alpha value is -2.60. The van der Waals surface area contributed by atoms with Crippen LogP contribution >= 0.6 is 11.6 Å². The van der Waals surface area contributed by atoms with Crippen LogP contribution in [0, 0.1) is 5.82 Å². The van der Waals surface area contributed by atoms with Crippen molar-refractivity contribution in [3.63, 3.8) is 0 Å². The molecule has 0 aliphatic heterocycles. The number of halogens is 2. The predicted molar refractivity (Wildman–Crippen MR) is 75.8 cm³/mol. The van der Waals surface area contributed by atoms with Gasteiger partial charge in [-0.15, -0.1) is 0 Å². The molecule has 0 amide bonds. The highest BCUT2D eigenvalue weighted by molar-refractivity contribution is 6.28. The summed E-state index contributed by atoms with van der Waals surface area (Å²) in [5.41, 5.74) is 0.281. The molecular formula is C14H8ClFN4O. The van der Waals surface area contributed by atoms with Gasteiger partial charge in [0.05, 0.1) is 6.20 Å². The van der Waals surface area contributed by atoms with E-state index in [1.165, 1.54) is 16.8 Å². The quantitative estimate of drug-likeness (QED) is 0.682. The van der Waals surface area contributed by atoms with Crippen molar-refractivity contribution in [2.75, 3.05) is 0 Å². The zero-order chi connectivity index (χ0) is 14.8. The van der Waals surface area contributed by atoms with Crippen molar-refractivity contribution in [1.29, 1.82) is 0 Å². The first kappa shape index (κ1) is 13.4. The molecule has 5 nitrogen and oxygen atoms in total. The van der Waals surface area contributed by atoms with Crippen molar-refractivity contribution < 1.29 is 4.39 Å². The summed E-state index contributed by atoms with van der Waals surface area (Å²) in [6, 6.07) is 7.89. The molecule has 0 spiro atoms. The van der Waals surface area contributed by atoms with Gasteiger partial charge in [-0.3, -0.25) is 9.36 Å². The van der Waals surface area contributed by atoms with Crippen molar-refractivity contribution in [1.82, 2.24) is 19.5 Å². The Morgan fingerprint density at radius 1 is 1.19 bits per heavy atom. The summed E-state index contributed by atoms with van der Waals surface area (Å²) in [6.07, 6.45) is 4.05. The molecule has 0 saturated carbocycles. The molecule has 0 aromatic carbocycles. The van der Waals surface area contributed by atoms with E-state index in [1.807, 2.05) is 0 Å². The Balaban J connectivity index is 2.15. The second-order valence-corrected chi connectivity index (χ2v) is 4.49. The molecule has 0 aliphatic rings. The van der Waals surface area contributed by atoms with E-state index in [0.717, 1.165) is 6.20 Å². The molecule has 0 N–H and O–H groups in total. The summed E-state index contributed by atoms with van der Waals surface area (Å²) in [5.74, 6) is -0.232. The van der Waals surface area contributed by atoms with Crippen LogP contribution in [0.2, 0.25) is 5.28 Å². The van der Waals surface area contributed by atoms with Gasteiger partial charge in [0.2, 0.25) is 5.28 Å². The lowest BCUT2D eigenvalue weighted by atomic mass is 10.2. The Morgan fingerprint density at radius 3 is 2.86 bits per heavy atom. The maximum absolute atomic E-state index is 13.8. The van der Waals surface area contributed by atoms with Crippen LogP contribution < -0.4 is 5.56 Å². The van der Waals surface area contributed by atoms with Crippen LogP contribution in [0.5, 0.6) is 0 Å². The summed E-state index contributed by atoms with van der Waals surface area (Å²) in [5, 5.41) is -0.0540. The zero-order valence-corrected chi connectivity index (χ0v) is 11.3. The molecule has 0 bridgehead atoms. The largest absolute Gasteiger partial charge is 0.269 e. The van der Waals surface area contributed by atoms with Crippen LogP contribution in [-0.4, -0.2) is 19.5 Å². The third kappa shape index (κ3) is 2.66. The second kappa shape index (κ2) is 5.41. The molecule has 0 fully saturated rings. The van der Waals surface area contributed by atoms with Crippen LogP contribution in [0.3, 0.4) is 0 Å². The standard InChI is InChI=1S/C14H8ClFN4O/c15-14-18-8-10(16)13(19-14)9-4-5-17-11(7-9)20-6-2-1-3-12(20)21/h1-8H. The Bertz CT molecular complexity index is 865. The number of aromatic nitrogens is 4. The molecule has 0 saturated heterocycles. The first-order valence-electron chi connectivity index (χ1n) is 5.98. The summed E-state index contributed by atoms with van der Waals surface area (Å²) >= 11 is 5.69. The summed E-state index contributed by atoms with van der Waals surface area (Å²) in [7, 11) is 0. The first-order chi connectivity index (χ1) is 10.1. The van der Waals surface area contributed by atoms with E-state index >= 15 is 0 Å². The third-order valence-corrected chi connectivity index (χ3v) is 2.99. The van der Waals surface area contributed by atoms with E-state index in [9.17, 15) is 9.18 Å². The van der Waals surface area contributed by atoms with E-state index in [4.69, 9.17) is 11.6 Å².